The number of aryl methyl sites for hydroxylation is 2. The van der Waals surface area contributed by atoms with Gasteiger partial charge in [0.25, 0.3) is 11.8 Å². The summed E-state index contributed by atoms with van der Waals surface area (Å²) in [6.07, 6.45) is 6.22. The molecule has 6 rings (SSSR count). The maximum absolute atomic E-state index is 13.2. The molecular formula is C28H28N4O2. The number of para-hydroxylation sites is 2. The first kappa shape index (κ1) is 20.9. The summed E-state index contributed by atoms with van der Waals surface area (Å²) < 4.78 is 4.51. The molecule has 4 heterocycles. The van der Waals surface area contributed by atoms with Crippen LogP contribution in [0.1, 0.15) is 24.0 Å². The Hall–Kier alpha value is -3.64. The van der Waals surface area contributed by atoms with Gasteiger partial charge >= 0.3 is 0 Å². The fraction of sp³-hybridized carbons (Fsp3) is 0.286. The molecule has 0 spiro atoms. The molecule has 0 radical (unpaired) electrons. The standard InChI is InChI=1S/C28H28N4O2/c1-30(2)15-18-11-13-31-16-21(19-7-3-5-9-23(19)31)25-26(28(34)29-27(25)33)22-17-32(14-12-18)24-10-6-4-8-20(22)24/h3-10,16-18H,11-15H2,1-2H3,(H,29,33,34). The number of aromatic nitrogens is 2. The monoisotopic (exact) mass is 452 g/mol. The number of fused-ring (bicyclic) bond motifs is 12. The number of rotatable bonds is 2. The SMILES string of the molecule is CN(C)CC1CCn2cc(c3ccccc32)C2=C(C(=O)NC2=O)c2cn(c3ccccc23)CC1. The Kier molecular flexibility index (Phi) is 4.92. The number of nitrogens with zero attached hydrogens (tertiary/aromatic N) is 3. The Labute approximate surface area is 198 Å². The van der Waals surface area contributed by atoms with Gasteiger partial charge in [0, 0.05) is 65.0 Å². The molecule has 0 saturated heterocycles. The van der Waals surface area contributed by atoms with Crippen LogP contribution in [0.25, 0.3) is 33.0 Å². The number of benzene rings is 2. The fourth-order valence-electron chi connectivity index (χ4n) is 5.72. The molecular weight excluding hydrogens is 424 g/mol. The topological polar surface area (TPSA) is 59.3 Å². The molecule has 6 nitrogen and oxygen atoms in total. The number of nitrogens with one attached hydrogen (secondary N) is 1. The van der Waals surface area contributed by atoms with Crippen LogP contribution >= 0.6 is 0 Å². The molecule has 0 saturated carbocycles. The Balaban J connectivity index is 1.65. The van der Waals surface area contributed by atoms with Crippen molar-refractivity contribution < 1.29 is 9.59 Å². The molecule has 6 heteroatoms. The molecule has 0 unspecified atom stereocenters. The van der Waals surface area contributed by atoms with Crippen molar-refractivity contribution in [1.82, 2.24) is 19.4 Å². The molecule has 2 aliphatic rings. The summed E-state index contributed by atoms with van der Waals surface area (Å²) in [6.45, 7) is 2.76. The van der Waals surface area contributed by atoms with E-state index in [0.717, 1.165) is 65.4 Å². The molecule has 4 bridgehead atoms. The van der Waals surface area contributed by atoms with Crippen molar-refractivity contribution in [2.75, 3.05) is 20.6 Å². The fourth-order valence-corrected chi connectivity index (χ4v) is 5.72. The van der Waals surface area contributed by atoms with Crippen LogP contribution in [-0.2, 0) is 22.7 Å². The predicted molar refractivity (Wildman–Crippen MR) is 135 cm³/mol. The largest absolute Gasteiger partial charge is 0.347 e. The highest BCUT2D eigenvalue weighted by Gasteiger charge is 2.35. The van der Waals surface area contributed by atoms with Crippen molar-refractivity contribution in [2.24, 2.45) is 5.92 Å². The average Bonchev–Trinajstić information content (AvgIpc) is 3.46. The molecule has 2 aromatic heterocycles. The third-order valence-corrected chi connectivity index (χ3v) is 7.23. The van der Waals surface area contributed by atoms with Crippen molar-refractivity contribution in [1.29, 1.82) is 0 Å². The van der Waals surface area contributed by atoms with Crippen LogP contribution in [0.15, 0.2) is 60.9 Å². The molecule has 2 aromatic carbocycles. The second kappa shape index (κ2) is 7.99. The van der Waals surface area contributed by atoms with Gasteiger partial charge in [-0.05, 0) is 45.0 Å². The zero-order valence-electron chi connectivity index (χ0n) is 19.5. The van der Waals surface area contributed by atoms with Crippen LogP contribution in [0.4, 0.5) is 0 Å². The van der Waals surface area contributed by atoms with E-state index in [0.29, 0.717) is 17.1 Å². The van der Waals surface area contributed by atoms with Crippen LogP contribution in [-0.4, -0.2) is 46.5 Å². The Morgan fingerprint density at radius 2 is 1.26 bits per heavy atom. The van der Waals surface area contributed by atoms with Crippen molar-refractivity contribution in [3.8, 4) is 0 Å². The molecule has 1 N–H and O–H groups in total. The van der Waals surface area contributed by atoms with Gasteiger partial charge in [-0.25, -0.2) is 0 Å². The second-order valence-electron chi connectivity index (χ2n) is 9.75. The maximum Gasteiger partial charge on any atom is 0.259 e. The van der Waals surface area contributed by atoms with Crippen LogP contribution in [0.3, 0.4) is 0 Å². The maximum atomic E-state index is 13.2. The van der Waals surface area contributed by atoms with Crippen molar-refractivity contribution in [2.45, 2.75) is 25.9 Å². The van der Waals surface area contributed by atoms with Crippen molar-refractivity contribution in [3.05, 3.63) is 72.1 Å². The van der Waals surface area contributed by atoms with Crippen LogP contribution < -0.4 is 5.32 Å². The van der Waals surface area contributed by atoms with Crippen LogP contribution in [0.2, 0.25) is 0 Å². The minimum atomic E-state index is -0.319. The number of hydrogen-bond acceptors (Lipinski definition) is 3. The first-order valence-electron chi connectivity index (χ1n) is 11.9. The average molecular weight is 453 g/mol. The first-order chi connectivity index (χ1) is 16.5. The molecule has 0 fully saturated rings. The predicted octanol–water partition coefficient (Wildman–Crippen LogP) is 4.13. The normalized spacial score (nSPS) is 17.1. The van der Waals surface area contributed by atoms with Crippen LogP contribution in [0, 0.1) is 5.92 Å². The summed E-state index contributed by atoms with van der Waals surface area (Å²) >= 11 is 0. The molecule has 2 amide bonds. The van der Waals surface area contributed by atoms with Gasteiger partial charge < -0.3 is 14.0 Å². The van der Waals surface area contributed by atoms with Gasteiger partial charge in [0.2, 0.25) is 0 Å². The Bertz CT molecular complexity index is 1380. The molecule has 34 heavy (non-hydrogen) atoms. The van der Waals surface area contributed by atoms with Gasteiger partial charge in [-0.15, -0.1) is 0 Å². The lowest BCUT2D eigenvalue weighted by molar-refractivity contribution is -0.122. The second-order valence-corrected chi connectivity index (χ2v) is 9.75. The van der Waals surface area contributed by atoms with E-state index in [9.17, 15) is 9.59 Å². The van der Waals surface area contributed by atoms with E-state index in [1.54, 1.807) is 0 Å². The van der Waals surface area contributed by atoms with Crippen LogP contribution in [0.5, 0.6) is 0 Å². The lowest BCUT2D eigenvalue weighted by atomic mass is 9.95. The molecule has 0 aliphatic carbocycles. The highest BCUT2D eigenvalue weighted by molar-refractivity contribution is 6.50. The first-order valence-corrected chi connectivity index (χ1v) is 11.9. The number of imide groups is 1. The van der Waals surface area contributed by atoms with Gasteiger partial charge in [-0.1, -0.05) is 36.4 Å². The zero-order valence-corrected chi connectivity index (χ0v) is 19.5. The van der Waals surface area contributed by atoms with Gasteiger partial charge in [0.15, 0.2) is 0 Å². The van der Waals surface area contributed by atoms with E-state index >= 15 is 0 Å². The highest BCUT2D eigenvalue weighted by atomic mass is 16.2. The summed E-state index contributed by atoms with van der Waals surface area (Å²) in [6, 6.07) is 16.4. The minimum absolute atomic E-state index is 0.319. The van der Waals surface area contributed by atoms with E-state index in [2.05, 4.69) is 58.0 Å². The van der Waals surface area contributed by atoms with Crippen molar-refractivity contribution >= 4 is 44.8 Å². The number of amides is 2. The lowest BCUT2D eigenvalue weighted by Crippen LogP contribution is -2.24. The summed E-state index contributed by atoms with van der Waals surface area (Å²) in [7, 11) is 4.26. The minimum Gasteiger partial charge on any atom is -0.347 e. The number of carbonyl (C=O) groups is 2. The van der Waals surface area contributed by atoms with E-state index in [1.165, 1.54) is 0 Å². The number of carbonyl (C=O) groups excluding carboxylic acids is 2. The third kappa shape index (κ3) is 3.29. The van der Waals surface area contributed by atoms with Gasteiger partial charge in [0.05, 0.1) is 11.1 Å². The third-order valence-electron chi connectivity index (χ3n) is 7.23. The van der Waals surface area contributed by atoms with E-state index < -0.39 is 0 Å². The molecule has 4 aromatic rings. The highest BCUT2D eigenvalue weighted by Crippen LogP contribution is 2.39. The quantitative estimate of drug-likeness (QED) is 0.465. The van der Waals surface area contributed by atoms with Gasteiger partial charge in [-0.3, -0.25) is 14.9 Å². The summed E-state index contributed by atoms with van der Waals surface area (Å²) in [5, 5.41) is 4.59. The Morgan fingerprint density at radius 1 is 0.794 bits per heavy atom. The number of hydrogen-bond donors (Lipinski definition) is 1. The Morgan fingerprint density at radius 3 is 1.74 bits per heavy atom. The van der Waals surface area contributed by atoms with Crippen molar-refractivity contribution in [3.63, 3.8) is 0 Å². The molecule has 2 aliphatic heterocycles. The van der Waals surface area contributed by atoms with E-state index in [4.69, 9.17) is 0 Å². The lowest BCUT2D eigenvalue weighted by Gasteiger charge is -2.22. The smallest absolute Gasteiger partial charge is 0.259 e. The van der Waals surface area contributed by atoms with E-state index in [-0.39, 0.29) is 11.8 Å². The van der Waals surface area contributed by atoms with Gasteiger partial charge in [0.1, 0.15) is 0 Å². The van der Waals surface area contributed by atoms with E-state index in [1.807, 2.05) is 36.4 Å². The van der Waals surface area contributed by atoms with Gasteiger partial charge in [-0.2, -0.15) is 0 Å². The molecule has 172 valence electrons. The summed E-state index contributed by atoms with van der Waals surface area (Å²) in [4.78, 5) is 28.6. The summed E-state index contributed by atoms with van der Waals surface area (Å²) in [5.74, 6) is -0.116. The summed E-state index contributed by atoms with van der Waals surface area (Å²) in [5.41, 5.74) is 4.81. The molecule has 0 atom stereocenters. The zero-order chi connectivity index (χ0) is 23.4.